The van der Waals surface area contributed by atoms with Gasteiger partial charge in [-0.2, -0.15) is 5.10 Å². The fraction of sp³-hybridized carbons (Fsp3) is 0.467. The number of aromatic nitrogens is 3. The molecule has 0 bridgehead atoms. The molecule has 0 amide bonds. The maximum Gasteiger partial charge on any atom is 0.350 e. The fourth-order valence-electron chi connectivity index (χ4n) is 2.54. The summed E-state index contributed by atoms with van der Waals surface area (Å²) in [5.74, 6) is 0. The summed E-state index contributed by atoms with van der Waals surface area (Å²) in [6.07, 6.45) is 2.46. The average Bonchev–Trinajstić information content (AvgIpc) is 2.90. The maximum atomic E-state index is 12.3. The topological polar surface area (TPSA) is 52.3 Å². The normalized spacial score (nSPS) is 16.0. The minimum Gasteiger partial charge on any atom is -0.379 e. The van der Waals surface area contributed by atoms with Crippen LogP contribution in [0.2, 0.25) is 5.02 Å². The molecular weight excluding hydrogens is 304 g/mol. The maximum absolute atomic E-state index is 12.3. The molecule has 1 aliphatic rings. The van der Waals surface area contributed by atoms with Gasteiger partial charge in [0.25, 0.3) is 0 Å². The van der Waals surface area contributed by atoms with Crippen LogP contribution in [0, 0.1) is 0 Å². The number of halogens is 1. The number of morpholine rings is 1. The molecule has 1 aromatic carbocycles. The van der Waals surface area contributed by atoms with E-state index in [9.17, 15) is 4.79 Å². The van der Waals surface area contributed by atoms with E-state index in [1.807, 2.05) is 12.1 Å². The van der Waals surface area contributed by atoms with Gasteiger partial charge in [0.2, 0.25) is 0 Å². The molecule has 1 fully saturated rings. The molecule has 0 aliphatic carbocycles. The van der Waals surface area contributed by atoms with Gasteiger partial charge in [0.1, 0.15) is 6.33 Å². The van der Waals surface area contributed by atoms with Crippen molar-refractivity contribution in [1.29, 1.82) is 0 Å². The number of benzene rings is 1. The van der Waals surface area contributed by atoms with Gasteiger partial charge in [0.05, 0.1) is 18.9 Å². The lowest BCUT2D eigenvalue weighted by atomic mass is 10.3. The lowest BCUT2D eigenvalue weighted by Gasteiger charge is -2.26. The smallest absolute Gasteiger partial charge is 0.350 e. The Bertz CT molecular complexity index is 659. The van der Waals surface area contributed by atoms with Gasteiger partial charge < -0.3 is 4.74 Å². The Morgan fingerprint density at radius 3 is 2.59 bits per heavy atom. The number of rotatable bonds is 5. The fourth-order valence-corrected chi connectivity index (χ4v) is 2.66. The molecular formula is C15H19ClN4O2. The van der Waals surface area contributed by atoms with Crippen molar-refractivity contribution in [2.45, 2.75) is 13.0 Å². The molecule has 0 saturated carbocycles. The lowest BCUT2D eigenvalue weighted by molar-refractivity contribution is 0.0368. The second kappa shape index (κ2) is 7.09. The summed E-state index contributed by atoms with van der Waals surface area (Å²) in [6.45, 7) is 5.11. The van der Waals surface area contributed by atoms with Crippen molar-refractivity contribution < 1.29 is 4.74 Å². The lowest BCUT2D eigenvalue weighted by Crippen LogP contribution is -2.37. The second-order valence-electron chi connectivity index (χ2n) is 5.29. The highest BCUT2D eigenvalue weighted by Gasteiger charge is 2.11. The van der Waals surface area contributed by atoms with E-state index in [0.29, 0.717) is 11.6 Å². The Kier molecular flexibility index (Phi) is 4.92. The second-order valence-corrected chi connectivity index (χ2v) is 5.73. The van der Waals surface area contributed by atoms with Gasteiger partial charge in [-0.15, -0.1) is 0 Å². The molecule has 2 heterocycles. The van der Waals surface area contributed by atoms with Crippen molar-refractivity contribution in [2.24, 2.45) is 0 Å². The van der Waals surface area contributed by atoms with E-state index in [-0.39, 0.29) is 5.69 Å². The summed E-state index contributed by atoms with van der Waals surface area (Å²) >= 11 is 5.86. The zero-order valence-electron chi connectivity index (χ0n) is 12.3. The van der Waals surface area contributed by atoms with E-state index in [0.717, 1.165) is 45.0 Å². The van der Waals surface area contributed by atoms with Crippen molar-refractivity contribution in [3.8, 4) is 5.69 Å². The van der Waals surface area contributed by atoms with Crippen LogP contribution in [-0.2, 0) is 11.3 Å². The zero-order chi connectivity index (χ0) is 15.4. The number of hydrogen-bond donors (Lipinski definition) is 0. The Hall–Kier alpha value is -1.63. The highest BCUT2D eigenvalue weighted by atomic mass is 35.5. The third kappa shape index (κ3) is 3.58. The Morgan fingerprint density at radius 2 is 1.86 bits per heavy atom. The molecule has 1 saturated heterocycles. The first kappa shape index (κ1) is 15.3. The first-order valence-electron chi connectivity index (χ1n) is 7.44. The molecule has 0 atom stereocenters. The van der Waals surface area contributed by atoms with E-state index < -0.39 is 0 Å². The van der Waals surface area contributed by atoms with Crippen molar-refractivity contribution >= 4 is 11.6 Å². The number of aryl methyl sites for hydroxylation is 1. The standard InChI is InChI=1S/C15H19ClN4O2/c16-13-2-4-14(5-3-13)19-12-17-20(15(19)21)7-1-6-18-8-10-22-11-9-18/h2-5,12H,1,6-11H2. The van der Waals surface area contributed by atoms with Crippen LogP contribution in [0.5, 0.6) is 0 Å². The van der Waals surface area contributed by atoms with Gasteiger partial charge in [-0.3, -0.25) is 4.90 Å². The quantitative estimate of drug-likeness (QED) is 0.835. The predicted molar refractivity (Wildman–Crippen MR) is 84.7 cm³/mol. The first-order valence-corrected chi connectivity index (χ1v) is 7.82. The summed E-state index contributed by atoms with van der Waals surface area (Å²) in [5.41, 5.74) is 0.651. The summed E-state index contributed by atoms with van der Waals surface area (Å²) in [7, 11) is 0. The number of ether oxygens (including phenoxy) is 1. The molecule has 22 heavy (non-hydrogen) atoms. The van der Waals surface area contributed by atoms with Gasteiger partial charge in [0, 0.05) is 31.2 Å². The van der Waals surface area contributed by atoms with Crippen molar-refractivity contribution in [3.63, 3.8) is 0 Å². The van der Waals surface area contributed by atoms with Crippen LogP contribution in [0.15, 0.2) is 35.4 Å². The third-order valence-corrected chi connectivity index (χ3v) is 4.04. The minimum atomic E-state index is -0.121. The summed E-state index contributed by atoms with van der Waals surface area (Å²) in [6, 6.07) is 7.14. The molecule has 1 aromatic heterocycles. The molecule has 0 spiro atoms. The van der Waals surface area contributed by atoms with Crippen molar-refractivity contribution in [3.05, 3.63) is 46.1 Å². The van der Waals surface area contributed by atoms with Crippen LogP contribution in [0.4, 0.5) is 0 Å². The third-order valence-electron chi connectivity index (χ3n) is 3.79. The zero-order valence-corrected chi connectivity index (χ0v) is 13.1. The first-order chi connectivity index (χ1) is 10.7. The largest absolute Gasteiger partial charge is 0.379 e. The van der Waals surface area contributed by atoms with Gasteiger partial charge in [-0.1, -0.05) is 11.6 Å². The van der Waals surface area contributed by atoms with Crippen LogP contribution in [-0.4, -0.2) is 52.1 Å². The van der Waals surface area contributed by atoms with Gasteiger partial charge in [-0.25, -0.2) is 14.0 Å². The van der Waals surface area contributed by atoms with Crippen molar-refractivity contribution in [2.75, 3.05) is 32.8 Å². The molecule has 118 valence electrons. The molecule has 6 nitrogen and oxygen atoms in total. The van der Waals surface area contributed by atoms with Gasteiger partial charge in [0.15, 0.2) is 0 Å². The van der Waals surface area contributed by atoms with E-state index in [4.69, 9.17) is 16.3 Å². The van der Waals surface area contributed by atoms with E-state index in [1.165, 1.54) is 9.25 Å². The van der Waals surface area contributed by atoms with Crippen LogP contribution in [0.3, 0.4) is 0 Å². The molecule has 2 aromatic rings. The minimum absolute atomic E-state index is 0.121. The molecule has 7 heteroatoms. The summed E-state index contributed by atoms with van der Waals surface area (Å²) in [4.78, 5) is 14.7. The average molecular weight is 323 g/mol. The van der Waals surface area contributed by atoms with Crippen molar-refractivity contribution in [1.82, 2.24) is 19.2 Å². The Balaban J connectivity index is 1.61. The predicted octanol–water partition coefficient (Wildman–Crippen LogP) is 1.41. The van der Waals surface area contributed by atoms with Gasteiger partial charge in [-0.05, 0) is 30.7 Å². The van der Waals surface area contributed by atoms with Crippen LogP contribution in [0.25, 0.3) is 5.69 Å². The van der Waals surface area contributed by atoms with E-state index in [2.05, 4.69) is 10.00 Å². The number of nitrogens with zero attached hydrogens (tertiary/aromatic N) is 4. The highest BCUT2D eigenvalue weighted by Crippen LogP contribution is 2.11. The molecule has 1 aliphatic heterocycles. The number of hydrogen-bond acceptors (Lipinski definition) is 4. The summed E-state index contributed by atoms with van der Waals surface area (Å²) < 4.78 is 8.36. The van der Waals surface area contributed by atoms with Crippen LogP contribution < -0.4 is 5.69 Å². The monoisotopic (exact) mass is 322 g/mol. The highest BCUT2D eigenvalue weighted by molar-refractivity contribution is 6.30. The molecule has 0 radical (unpaired) electrons. The summed E-state index contributed by atoms with van der Waals surface area (Å²) in [5, 5.41) is 4.84. The Labute approximate surface area is 133 Å². The van der Waals surface area contributed by atoms with Gasteiger partial charge >= 0.3 is 5.69 Å². The van der Waals surface area contributed by atoms with Crippen LogP contribution >= 0.6 is 11.6 Å². The van der Waals surface area contributed by atoms with E-state index in [1.54, 1.807) is 18.5 Å². The van der Waals surface area contributed by atoms with E-state index >= 15 is 0 Å². The van der Waals surface area contributed by atoms with Crippen LogP contribution in [0.1, 0.15) is 6.42 Å². The Morgan fingerprint density at radius 1 is 1.14 bits per heavy atom. The molecule has 0 unspecified atom stereocenters. The SMILES string of the molecule is O=c1n(-c2ccc(Cl)cc2)cnn1CCCN1CCOCC1. The molecule has 3 rings (SSSR count). The molecule has 0 N–H and O–H groups in total.